The molecule has 0 N–H and O–H groups in total. The minimum absolute atomic E-state index is 0.0543. The molecule has 0 spiro atoms. The van der Waals surface area contributed by atoms with Crippen molar-refractivity contribution in [1.82, 2.24) is 19.8 Å². The zero-order valence-electron chi connectivity index (χ0n) is 15.6. The summed E-state index contributed by atoms with van der Waals surface area (Å²) in [7, 11) is 0. The smallest absolute Gasteiger partial charge is 0.274 e. The lowest BCUT2D eigenvalue weighted by atomic mass is 9.88. The third-order valence-electron chi connectivity index (χ3n) is 6.32. The van der Waals surface area contributed by atoms with Crippen molar-refractivity contribution in [2.75, 3.05) is 44.2 Å². The molecule has 142 valence electrons. The maximum atomic E-state index is 13.0. The van der Waals surface area contributed by atoms with E-state index >= 15 is 0 Å². The Hall–Kier alpha value is -1.40. The maximum absolute atomic E-state index is 13.0. The summed E-state index contributed by atoms with van der Waals surface area (Å²) in [6.45, 7) is 8.18. The van der Waals surface area contributed by atoms with E-state index < -0.39 is 0 Å². The summed E-state index contributed by atoms with van der Waals surface area (Å²) in [5.74, 6) is 0.579. The second kappa shape index (κ2) is 7.31. The van der Waals surface area contributed by atoms with Crippen LogP contribution in [0.1, 0.15) is 55.9 Å². The van der Waals surface area contributed by atoms with Crippen molar-refractivity contribution in [2.24, 2.45) is 0 Å². The van der Waals surface area contributed by atoms with Crippen LogP contribution in [-0.4, -0.2) is 70.5 Å². The summed E-state index contributed by atoms with van der Waals surface area (Å²) in [5, 5.41) is 0.353. The molecule has 1 aromatic rings. The van der Waals surface area contributed by atoms with Gasteiger partial charge in [0.05, 0.1) is 11.2 Å². The molecule has 0 atom stereocenters. The van der Waals surface area contributed by atoms with Crippen molar-refractivity contribution in [1.29, 1.82) is 0 Å². The fourth-order valence-electron chi connectivity index (χ4n) is 4.49. The Bertz CT molecular complexity index is 662. The van der Waals surface area contributed by atoms with Gasteiger partial charge in [-0.3, -0.25) is 9.69 Å². The largest absolute Gasteiger partial charge is 0.341 e. The predicted octanol–water partition coefficient (Wildman–Crippen LogP) is 2.82. The van der Waals surface area contributed by atoms with Crippen LogP contribution in [0.25, 0.3) is 0 Å². The number of likely N-dealkylation sites (tertiary alicyclic amines) is 2. The number of aromatic nitrogens is 2. The van der Waals surface area contributed by atoms with Gasteiger partial charge < -0.3 is 9.80 Å². The van der Waals surface area contributed by atoms with Crippen molar-refractivity contribution in [3.63, 3.8) is 0 Å². The number of nitrogens with zero attached hydrogens (tertiary/aromatic N) is 5. The van der Waals surface area contributed by atoms with Gasteiger partial charge in [0.15, 0.2) is 5.69 Å². The van der Waals surface area contributed by atoms with Crippen LogP contribution < -0.4 is 4.90 Å². The average molecular weight is 378 g/mol. The number of hydrogen-bond donors (Lipinski definition) is 0. The summed E-state index contributed by atoms with van der Waals surface area (Å²) in [5.41, 5.74) is 0.581. The molecule has 3 aliphatic heterocycles. The zero-order valence-corrected chi connectivity index (χ0v) is 16.3. The Labute approximate surface area is 160 Å². The highest BCUT2D eigenvalue weighted by atomic mass is 35.5. The van der Waals surface area contributed by atoms with Gasteiger partial charge >= 0.3 is 0 Å². The van der Waals surface area contributed by atoms with Crippen molar-refractivity contribution in [3.8, 4) is 0 Å². The van der Waals surface area contributed by atoms with Crippen molar-refractivity contribution in [2.45, 2.75) is 51.0 Å². The first kappa shape index (κ1) is 18.0. The summed E-state index contributed by atoms with van der Waals surface area (Å²) in [6, 6.07) is 0. The second-order valence-corrected chi connectivity index (χ2v) is 8.45. The normalized spacial score (nSPS) is 23.6. The highest BCUT2D eigenvalue weighted by Crippen LogP contribution is 2.32. The molecule has 0 saturated carbocycles. The van der Waals surface area contributed by atoms with E-state index in [0.29, 0.717) is 16.7 Å². The molecule has 0 radical (unpaired) electrons. The Morgan fingerprint density at radius 2 is 1.65 bits per heavy atom. The van der Waals surface area contributed by atoms with Crippen LogP contribution in [0.2, 0.25) is 5.02 Å². The van der Waals surface area contributed by atoms with Gasteiger partial charge in [0.2, 0.25) is 5.95 Å². The number of halogens is 1. The molecule has 1 amide bonds. The minimum Gasteiger partial charge on any atom is -0.341 e. The van der Waals surface area contributed by atoms with Crippen LogP contribution in [0.5, 0.6) is 0 Å². The first-order chi connectivity index (χ1) is 12.6. The Kier molecular flexibility index (Phi) is 5.06. The van der Waals surface area contributed by atoms with Gasteiger partial charge in [0.25, 0.3) is 5.91 Å². The van der Waals surface area contributed by atoms with Gasteiger partial charge in [-0.1, -0.05) is 11.6 Å². The molecule has 1 aromatic heterocycles. The van der Waals surface area contributed by atoms with E-state index in [1.54, 1.807) is 6.20 Å². The highest BCUT2D eigenvalue weighted by Gasteiger charge is 2.38. The molecule has 0 bridgehead atoms. The summed E-state index contributed by atoms with van der Waals surface area (Å²) in [4.78, 5) is 28.6. The molecule has 26 heavy (non-hydrogen) atoms. The molecule has 3 saturated heterocycles. The van der Waals surface area contributed by atoms with Crippen LogP contribution >= 0.6 is 11.6 Å². The quantitative estimate of drug-likeness (QED) is 0.810. The molecule has 4 heterocycles. The van der Waals surface area contributed by atoms with Crippen LogP contribution in [0, 0.1) is 0 Å². The topological polar surface area (TPSA) is 52.6 Å². The van der Waals surface area contributed by atoms with Crippen LogP contribution in [-0.2, 0) is 0 Å². The predicted molar refractivity (Wildman–Crippen MR) is 103 cm³/mol. The second-order valence-electron chi connectivity index (χ2n) is 8.04. The Morgan fingerprint density at radius 3 is 2.31 bits per heavy atom. The van der Waals surface area contributed by atoms with Crippen molar-refractivity contribution in [3.05, 3.63) is 16.9 Å². The standard InChI is InChI=1S/C19H28ClN5O/c1-19(25-10-4-5-11-25)6-12-23(13-7-19)17(26)16-15(20)14-21-18(22-16)24-8-2-3-9-24/h14H,2-13H2,1H3. The minimum atomic E-state index is -0.0543. The fraction of sp³-hybridized carbons (Fsp3) is 0.737. The number of carbonyl (C=O) groups excluding carboxylic acids is 1. The van der Waals surface area contributed by atoms with Gasteiger partial charge in [-0.15, -0.1) is 0 Å². The molecule has 6 nitrogen and oxygen atoms in total. The van der Waals surface area contributed by atoms with E-state index in [0.717, 1.165) is 51.9 Å². The molecule has 7 heteroatoms. The molecule has 3 fully saturated rings. The Morgan fingerprint density at radius 1 is 1.04 bits per heavy atom. The first-order valence-electron chi connectivity index (χ1n) is 9.89. The van der Waals surface area contributed by atoms with Gasteiger partial charge in [-0.05, 0) is 58.5 Å². The van der Waals surface area contributed by atoms with Gasteiger partial charge in [-0.2, -0.15) is 0 Å². The molecular formula is C19H28ClN5O. The fourth-order valence-corrected chi connectivity index (χ4v) is 4.66. The van der Waals surface area contributed by atoms with Crippen molar-refractivity contribution < 1.29 is 4.79 Å². The average Bonchev–Trinajstić information content (AvgIpc) is 3.36. The number of carbonyl (C=O) groups is 1. The Balaban J connectivity index is 1.45. The highest BCUT2D eigenvalue weighted by molar-refractivity contribution is 6.33. The van der Waals surface area contributed by atoms with Gasteiger partial charge in [0, 0.05) is 31.7 Å². The third kappa shape index (κ3) is 3.41. The zero-order chi connectivity index (χ0) is 18.1. The van der Waals surface area contributed by atoms with Gasteiger partial charge in [0.1, 0.15) is 0 Å². The summed E-state index contributed by atoms with van der Waals surface area (Å²) < 4.78 is 0. The maximum Gasteiger partial charge on any atom is 0.274 e. The number of piperidine rings is 1. The van der Waals surface area contributed by atoms with E-state index in [1.807, 2.05) is 4.90 Å². The van der Waals surface area contributed by atoms with E-state index in [1.165, 1.54) is 25.9 Å². The molecule has 0 aromatic carbocycles. The number of amides is 1. The first-order valence-corrected chi connectivity index (χ1v) is 10.3. The lowest BCUT2D eigenvalue weighted by Crippen LogP contribution is -2.53. The van der Waals surface area contributed by atoms with E-state index in [4.69, 9.17) is 11.6 Å². The monoisotopic (exact) mass is 377 g/mol. The molecule has 0 aliphatic carbocycles. The van der Waals surface area contributed by atoms with Gasteiger partial charge in [-0.25, -0.2) is 9.97 Å². The van der Waals surface area contributed by atoms with Crippen LogP contribution in [0.15, 0.2) is 6.20 Å². The van der Waals surface area contributed by atoms with Crippen LogP contribution in [0.4, 0.5) is 5.95 Å². The summed E-state index contributed by atoms with van der Waals surface area (Å²) >= 11 is 6.28. The van der Waals surface area contributed by atoms with Crippen molar-refractivity contribution >= 4 is 23.5 Å². The molecule has 0 unspecified atom stereocenters. The number of rotatable bonds is 3. The summed E-state index contributed by atoms with van der Waals surface area (Å²) in [6.07, 6.45) is 8.50. The van der Waals surface area contributed by atoms with E-state index in [2.05, 4.69) is 26.7 Å². The molecule has 3 aliphatic rings. The van der Waals surface area contributed by atoms with E-state index in [9.17, 15) is 4.79 Å². The van der Waals surface area contributed by atoms with E-state index in [-0.39, 0.29) is 11.4 Å². The SMILES string of the molecule is CC1(N2CCCC2)CCN(C(=O)c2nc(N3CCCC3)ncc2Cl)CC1. The lowest BCUT2D eigenvalue weighted by molar-refractivity contribution is 0.0402. The number of hydrogen-bond acceptors (Lipinski definition) is 5. The third-order valence-corrected chi connectivity index (χ3v) is 6.60. The molecule has 4 rings (SSSR count). The molecular weight excluding hydrogens is 350 g/mol. The van der Waals surface area contributed by atoms with Crippen LogP contribution in [0.3, 0.4) is 0 Å². The number of anilines is 1. The lowest BCUT2D eigenvalue weighted by Gasteiger charge is -2.45.